The molecule has 0 amide bonds. The molecule has 0 bridgehead atoms. The molecule has 2 aliphatic carbocycles. The zero-order valence-electron chi connectivity index (χ0n) is 5.95. The summed E-state index contributed by atoms with van der Waals surface area (Å²) in [6.07, 6.45) is 0. The first-order chi connectivity index (χ1) is 5.33. The molecule has 0 heterocycles. The minimum atomic E-state index is -0.250. The van der Waals surface area contributed by atoms with Crippen LogP contribution in [0, 0.1) is 0 Å². The number of rotatable bonds is 1. The fraction of sp³-hybridized carbons (Fsp3) is 0.125. The first-order valence-corrected chi connectivity index (χ1v) is 3.24. The fourth-order valence-corrected chi connectivity index (χ4v) is 0.994. The fourth-order valence-electron chi connectivity index (χ4n) is 0.994. The summed E-state index contributed by atoms with van der Waals surface area (Å²) in [5.41, 5.74) is 9.46. The number of fused-ring (bicyclic) bond motifs is 1. The van der Waals surface area contributed by atoms with Crippen LogP contribution in [0.4, 0.5) is 0 Å². The van der Waals surface area contributed by atoms with E-state index in [0.29, 0.717) is 6.54 Å². The van der Waals surface area contributed by atoms with Gasteiger partial charge in [-0.3, -0.25) is 4.79 Å². The van der Waals surface area contributed by atoms with E-state index in [1.807, 2.05) is 0 Å². The van der Waals surface area contributed by atoms with Crippen molar-refractivity contribution in [3.63, 3.8) is 0 Å². The lowest BCUT2D eigenvalue weighted by molar-refractivity contribution is -0.122. The number of hydrogen-bond donors (Lipinski definition) is 2. The van der Waals surface area contributed by atoms with Crippen LogP contribution in [0.1, 0.15) is 5.56 Å². The van der Waals surface area contributed by atoms with Gasteiger partial charge >= 0.3 is 0 Å². The van der Waals surface area contributed by atoms with E-state index in [4.69, 9.17) is 15.6 Å². The lowest BCUT2D eigenvalue weighted by atomic mass is 10.3. The van der Waals surface area contributed by atoms with Gasteiger partial charge in [0.15, 0.2) is 0 Å². The van der Waals surface area contributed by atoms with Crippen LogP contribution in [0.5, 0.6) is 0 Å². The van der Waals surface area contributed by atoms with Crippen molar-refractivity contribution in [2.45, 2.75) is 6.54 Å². The summed E-state index contributed by atoms with van der Waals surface area (Å²) in [5, 5.41) is 6.89. The molecule has 3 nitrogen and oxygen atoms in total. The number of nitrogens with two attached hydrogens (primary N) is 1. The lowest BCUT2D eigenvalue weighted by Crippen LogP contribution is -1.92. The van der Waals surface area contributed by atoms with Crippen LogP contribution < -0.4 is 5.73 Å². The van der Waals surface area contributed by atoms with Gasteiger partial charge in [-0.2, -0.15) is 0 Å². The Morgan fingerprint density at radius 1 is 1.55 bits per heavy atom. The van der Waals surface area contributed by atoms with E-state index in [1.165, 1.54) is 16.7 Å². The summed E-state index contributed by atoms with van der Waals surface area (Å²) in [5.74, 6) is 0. The van der Waals surface area contributed by atoms with Crippen molar-refractivity contribution in [2.75, 3.05) is 0 Å². The van der Waals surface area contributed by atoms with Gasteiger partial charge in [-0.15, -0.1) is 0 Å². The van der Waals surface area contributed by atoms with Gasteiger partial charge in [0.2, 0.25) is 0 Å². The molecule has 11 heavy (non-hydrogen) atoms. The van der Waals surface area contributed by atoms with Crippen molar-refractivity contribution >= 4 is 6.47 Å². The lowest BCUT2D eigenvalue weighted by Gasteiger charge is -1.83. The van der Waals surface area contributed by atoms with Gasteiger partial charge < -0.3 is 10.8 Å². The molecule has 0 spiro atoms. The Kier molecular flexibility index (Phi) is 2.23. The number of hydrogen-bond acceptors (Lipinski definition) is 2. The Balaban J connectivity index is 0.000000179. The maximum absolute atomic E-state index is 8.36. The Morgan fingerprint density at radius 3 is 2.36 bits per heavy atom. The molecule has 3 heteroatoms. The maximum atomic E-state index is 8.36. The van der Waals surface area contributed by atoms with Crippen LogP contribution in [0.15, 0.2) is 18.2 Å². The molecule has 0 aromatic carbocycles. The van der Waals surface area contributed by atoms with Crippen LogP contribution in [0.3, 0.4) is 0 Å². The topological polar surface area (TPSA) is 63.3 Å². The zero-order chi connectivity index (χ0) is 8.27. The van der Waals surface area contributed by atoms with Crippen molar-refractivity contribution in [1.82, 2.24) is 0 Å². The molecule has 58 valence electrons. The van der Waals surface area contributed by atoms with E-state index in [1.54, 1.807) is 0 Å². The Bertz CT molecular complexity index is 271. The molecule has 2 aliphatic rings. The summed E-state index contributed by atoms with van der Waals surface area (Å²) in [6.45, 7) is 0.436. The van der Waals surface area contributed by atoms with Gasteiger partial charge in [0.1, 0.15) is 0 Å². The average Bonchev–Trinajstić information content (AvgIpc) is 2.66. The van der Waals surface area contributed by atoms with E-state index in [0.717, 1.165) is 0 Å². The molecule has 0 saturated heterocycles. The molecule has 0 saturated carbocycles. The maximum Gasteiger partial charge on any atom is 0.290 e. The number of carbonyl (C=O) groups is 1. The van der Waals surface area contributed by atoms with Gasteiger partial charge in [0.05, 0.1) is 0 Å². The van der Waals surface area contributed by atoms with Gasteiger partial charge in [-0.05, 0) is 22.8 Å². The van der Waals surface area contributed by atoms with Crippen LogP contribution >= 0.6 is 0 Å². The van der Waals surface area contributed by atoms with Crippen LogP contribution in [-0.2, 0) is 11.3 Å². The minimum Gasteiger partial charge on any atom is -0.483 e. The summed E-state index contributed by atoms with van der Waals surface area (Å²) in [4.78, 5) is 8.36. The normalized spacial score (nSPS) is 9.55. The third-order valence-electron chi connectivity index (χ3n) is 1.56. The molecular formula is C8H9NO2. The van der Waals surface area contributed by atoms with Crippen LogP contribution in [0.2, 0.25) is 0 Å². The van der Waals surface area contributed by atoms with Gasteiger partial charge in [-0.1, -0.05) is 12.1 Å². The number of carboxylic acid groups (broad SMARTS) is 1. The summed E-state index contributed by atoms with van der Waals surface area (Å²) < 4.78 is 0. The Morgan fingerprint density at radius 2 is 2.18 bits per heavy atom. The van der Waals surface area contributed by atoms with Gasteiger partial charge in [-0.25, -0.2) is 0 Å². The molecule has 2 rings (SSSR count). The molecule has 0 atom stereocenters. The van der Waals surface area contributed by atoms with E-state index in [2.05, 4.69) is 18.2 Å². The van der Waals surface area contributed by atoms with Crippen molar-refractivity contribution in [3.8, 4) is 11.1 Å². The van der Waals surface area contributed by atoms with E-state index in [-0.39, 0.29) is 6.47 Å². The highest BCUT2D eigenvalue weighted by molar-refractivity contribution is 5.84. The highest BCUT2D eigenvalue weighted by atomic mass is 16.3. The second-order valence-corrected chi connectivity index (χ2v) is 2.18. The first-order valence-electron chi connectivity index (χ1n) is 3.24. The summed E-state index contributed by atoms with van der Waals surface area (Å²) >= 11 is 0. The molecule has 0 aliphatic heterocycles. The summed E-state index contributed by atoms with van der Waals surface area (Å²) in [6, 6.07) is 6.35. The molecule has 0 fully saturated rings. The second kappa shape index (κ2) is 3.16. The third-order valence-corrected chi connectivity index (χ3v) is 1.56. The highest BCUT2D eigenvalue weighted by Crippen LogP contribution is 2.37. The van der Waals surface area contributed by atoms with Crippen molar-refractivity contribution in [1.29, 1.82) is 0 Å². The molecule has 3 N–H and O–H groups in total. The smallest absolute Gasteiger partial charge is 0.290 e. The minimum absolute atomic E-state index is 0.250. The molecular weight excluding hydrogens is 142 g/mol. The zero-order valence-corrected chi connectivity index (χ0v) is 5.95. The average molecular weight is 151 g/mol. The number of benzene rings is 1. The first kappa shape index (κ1) is 7.75. The van der Waals surface area contributed by atoms with E-state index in [9.17, 15) is 0 Å². The highest BCUT2D eigenvalue weighted by Gasteiger charge is 2.14. The monoisotopic (exact) mass is 151 g/mol. The van der Waals surface area contributed by atoms with Crippen molar-refractivity contribution < 1.29 is 9.90 Å². The Hall–Kier alpha value is -1.35. The predicted molar refractivity (Wildman–Crippen MR) is 42.0 cm³/mol. The van der Waals surface area contributed by atoms with Crippen molar-refractivity contribution in [3.05, 3.63) is 23.8 Å². The van der Waals surface area contributed by atoms with Crippen LogP contribution in [-0.4, -0.2) is 11.6 Å². The van der Waals surface area contributed by atoms with E-state index < -0.39 is 0 Å². The Labute approximate surface area is 64.5 Å². The SMILES string of the molecule is NCc1ccc2cc1-2.O=CO. The molecule has 0 unspecified atom stereocenters. The predicted octanol–water partition coefficient (Wildman–Crippen LogP) is 0.827. The molecule has 0 aromatic heterocycles. The standard InChI is InChI=1S/C7H7N.CH2O2/c8-4-6-2-1-5-3-7(5)6;2-1-3/h1-3H,4,8H2;1H,(H,2,3). The largest absolute Gasteiger partial charge is 0.483 e. The quantitative estimate of drug-likeness (QED) is 0.593. The van der Waals surface area contributed by atoms with Crippen molar-refractivity contribution in [2.24, 2.45) is 5.73 Å². The van der Waals surface area contributed by atoms with Gasteiger partial charge in [0, 0.05) is 6.54 Å². The second-order valence-electron chi connectivity index (χ2n) is 2.18. The van der Waals surface area contributed by atoms with E-state index >= 15 is 0 Å². The van der Waals surface area contributed by atoms with Crippen LogP contribution in [0.25, 0.3) is 11.1 Å². The summed E-state index contributed by atoms with van der Waals surface area (Å²) in [7, 11) is 0. The third kappa shape index (κ3) is 1.56. The molecule has 0 radical (unpaired) electrons. The van der Waals surface area contributed by atoms with Gasteiger partial charge in [0.25, 0.3) is 6.47 Å². The molecule has 0 aromatic rings.